The largest absolute Gasteiger partial charge is 0.367 e. The average Bonchev–Trinajstić information content (AvgIpc) is 3.37. The van der Waals surface area contributed by atoms with Crippen LogP contribution >= 0.6 is 49.6 Å². The number of aromatic amines is 2. The van der Waals surface area contributed by atoms with Crippen molar-refractivity contribution in [1.82, 2.24) is 30.4 Å². The maximum Gasteiger partial charge on any atom is 0.148 e. The van der Waals surface area contributed by atoms with Crippen LogP contribution in [0.15, 0.2) is 60.9 Å². The van der Waals surface area contributed by atoms with Crippen molar-refractivity contribution in [3.63, 3.8) is 0 Å². The van der Waals surface area contributed by atoms with Gasteiger partial charge in [0.2, 0.25) is 0 Å². The maximum atomic E-state index is 4.30. The molecular weight excluding hydrogens is 470 g/mol. The lowest BCUT2D eigenvalue weighted by Gasteiger charge is -2.03. The van der Waals surface area contributed by atoms with E-state index in [1.807, 2.05) is 48.5 Å². The van der Waals surface area contributed by atoms with E-state index in [1.54, 1.807) is 12.4 Å². The van der Waals surface area contributed by atoms with Crippen LogP contribution in [0.25, 0.3) is 22.8 Å². The van der Waals surface area contributed by atoms with E-state index in [4.69, 9.17) is 0 Å². The van der Waals surface area contributed by atoms with Crippen LogP contribution in [0, 0.1) is 0 Å². The van der Waals surface area contributed by atoms with E-state index in [1.165, 1.54) is 0 Å². The number of H-pyrrole nitrogens is 2. The van der Waals surface area contributed by atoms with Crippen molar-refractivity contribution < 1.29 is 0 Å². The summed E-state index contributed by atoms with van der Waals surface area (Å²) in [4.78, 5) is 8.60. The van der Waals surface area contributed by atoms with Crippen LogP contribution in [0.4, 0.5) is 11.6 Å². The highest BCUT2D eigenvalue weighted by Crippen LogP contribution is 2.17. The minimum atomic E-state index is 0. The van der Waals surface area contributed by atoms with Crippen molar-refractivity contribution >= 4 is 61.3 Å². The second kappa shape index (κ2) is 13.7. The second-order valence-corrected chi connectivity index (χ2v) is 5.62. The van der Waals surface area contributed by atoms with Crippen LogP contribution in [0.2, 0.25) is 0 Å². The van der Waals surface area contributed by atoms with Crippen LogP contribution in [-0.2, 0) is 0 Å². The van der Waals surface area contributed by atoms with E-state index in [9.17, 15) is 0 Å². The number of halogens is 4. The van der Waals surface area contributed by atoms with Crippen molar-refractivity contribution in [2.24, 2.45) is 0 Å². The topological polar surface area (TPSA) is 107 Å². The van der Waals surface area contributed by atoms with E-state index in [-0.39, 0.29) is 49.6 Å². The molecule has 0 aliphatic heterocycles. The molecule has 0 saturated carbocycles. The number of hydrogen-bond donors (Lipinski definition) is 4. The van der Waals surface area contributed by atoms with Crippen LogP contribution < -0.4 is 10.6 Å². The van der Waals surface area contributed by atoms with Gasteiger partial charge in [0.15, 0.2) is 0 Å². The summed E-state index contributed by atoms with van der Waals surface area (Å²) < 4.78 is 0. The van der Waals surface area contributed by atoms with Gasteiger partial charge in [-0.25, -0.2) is 0 Å². The van der Waals surface area contributed by atoms with Gasteiger partial charge in [-0.15, -0.1) is 49.6 Å². The van der Waals surface area contributed by atoms with Gasteiger partial charge in [0.25, 0.3) is 0 Å². The number of anilines is 2. The van der Waals surface area contributed by atoms with Gasteiger partial charge in [-0.3, -0.25) is 20.2 Å². The molecule has 0 unspecified atom stereocenters. The van der Waals surface area contributed by atoms with Crippen LogP contribution in [0.3, 0.4) is 0 Å². The third kappa shape index (κ3) is 7.07. The van der Waals surface area contributed by atoms with E-state index >= 15 is 0 Å². The number of nitrogens with one attached hydrogen (secondary N) is 4. The molecule has 0 amide bonds. The van der Waals surface area contributed by atoms with Crippen molar-refractivity contribution in [3.8, 4) is 22.8 Å². The van der Waals surface area contributed by atoms with Gasteiger partial charge in [0.05, 0.1) is 22.8 Å². The van der Waals surface area contributed by atoms with Crippen LogP contribution in [0.1, 0.15) is 0 Å². The highest BCUT2D eigenvalue weighted by atomic mass is 35.5. The molecule has 12 heteroatoms. The van der Waals surface area contributed by atoms with E-state index in [0.29, 0.717) is 13.1 Å². The summed E-state index contributed by atoms with van der Waals surface area (Å²) in [6.45, 7) is 1.41. The summed E-state index contributed by atoms with van der Waals surface area (Å²) in [7, 11) is 0. The monoisotopic (exact) mass is 490 g/mol. The smallest absolute Gasteiger partial charge is 0.148 e. The lowest BCUT2D eigenvalue weighted by Crippen LogP contribution is -2.13. The van der Waals surface area contributed by atoms with Crippen LogP contribution in [0.5, 0.6) is 0 Å². The van der Waals surface area contributed by atoms with Gasteiger partial charge in [-0.05, 0) is 24.3 Å². The lowest BCUT2D eigenvalue weighted by molar-refractivity contribution is 1.01. The summed E-state index contributed by atoms with van der Waals surface area (Å²) in [5.74, 6) is 1.56. The molecule has 4 aromatic rings. The summed E-state index contributed by atoms with van der Waals surface area (Å²) in [6.07, 6.45) is 3.52. The molecule has 0 saturated heterocycles. The van der Waals surface area contributed by atoms with Crippen molar-refractivity contribution in [1.29, 1.82) is 0 Å². The number of pyridine rings is 2. The van der Waals surface area contributed by atoms with E-state index < -0.39 is 0 Å². The Labute approximate surface area is 198 Å². The Kier molecular flexibility index (Phi) is 12.5. The summed E-state index contributed by atoms with van der Waals surface area (Å²) in [6, 6.07) is 15.4. The molecule has 162 valence electrons. The quantitative estimate of drug-likeness (QED) is 0.284. The Bertz CT molecular complexity index is 883. The number of rotatable bonds is 7. The number of nitrogens with zero attached hydrogens (tertiary/aromatic N) is 4. The fraction of sp³-hybridized carbons (Fsp3) is 0.111. The Morgan fingerprint density at radius 1 is 0.633 bits per heavy atom. The first kappa shape index (κ1) is 27.5. The van der Waals surface area contributed by atoms with E-state index in [0.717, 1.165) is 34.4 Å². The molecule has 30 heavy (non-hydrogen) atoms. The molecule has 4 heterocycles. The Morgan fingerprint density at radius 2 is 1.07 bits per heavy atom. The highest BCUT2D eigenvalue weighted by molar-refractivity contribution is 5.86. The van der Waals surface area contributed by atoms with Gasteiger partial charge < -0.3 is 10.6 Å². The van der Waals surface area contributed by atoms with Gasteiger partial charge in [0, 0.05) is 37.6 Å². The van der Waals surface area contributed by atoms with Crippen LogP contribution in [-0.4, -0.2) is 43.5 Å². The highest BCUT2D eigenvalue weighted by Gasteiger charge is 2.05. The van der Waals surface area contributed by atoms with Crippen molar-refractivity contribution in [2.75, 3.05) is 23.7 Å². The zero-order valence-electron chi connectivity index (χ0n) is 15.6. The molecular formula is C18H22Cl4N8. The molecule has 0 aromatic carbocycles. The molecule has 4 N–H and O–H groups in total. The molecule has 0 aliphatic carbocycles. The predicted octanol–water partition coefficient (Wildman–Crippen LogP) is 4.47. The Hall–Kier alpha value is -2.52. The van der Waals surface area contributed by atoms with Crippen molar-refractivity contribution in [2.45, 2.75) is 0 Å². The van der Waals surface area contributed by atoms with E-state index in [2.05, 4.69) is 41.0 Å². The first-order valence-electron chi connectivity index (χ1n) is 8.30. The first-order chi connectivity index (χ1) is 12.9. The number of aromatic nitrogens is 6. The number of hydrogen-bond acceptors (Lipinski definition) is 6. The molecule has 0 fully saturated rings. The molecule has 0 radical (unpaired) electrons. The predicted molar refractivity (Wildman–Crippen MR) is 130 cm³/mol. The molecule has 0 atom stereocenters. The molecule has 0 spiro atoms. The van der Waals surface area contributed by atoms with Crippen molar-refractivity contribution in [3.05, 3.63) is 60.9 Å². The third-order valence-corrected chi connectivity index (χ3v) is 3.77. The SMILES string of the molecule is Cl.Cl.Cl.Cl.c1ccc(-c2cc(NCCNc3cc(-c4ccccn4)[nH]n3)n[nH]2)nc1. The molecule has 4 rings (SSSR count). The lowest BCUT2D eigenvalue weighted by atomic mass is 10.3. The van der Waals surface area contributed by atoms with Gasteiger partial charge in [-0.1, -0.05) is 12.1 Å². The minimum Gasteiger partial charge on any atom is -0.367 e. The summed E-state index contributed by atoms with van der Waals surface area (Å²) >= 11 is 0. The maximum absolute atomic E-state index is 4.30. The second-order valence-electron chi connectivity index (χ2n) is 5.62. The van der Waals surface area contributed by atoms with Gasteiger partial charge in [0.1, 0.15) is 11.6 Å². The standard InChI is InChI=1S/C18H18N8.4ClH/c1-3-7-19-13(5-1)15-11-17(25-23-15)21-9-10-22-18-12-16(24-26-18)14-6-2-4-8-20-14;;;;/h1-8,11-12H,9-10H2,(H2,21,23,25)(H2,22,24,26);4*1H. The summed E-state index contributed by atoms with van der Waals surface area (Å²) in [5.41, 5.74) is 3.50. The average molecular weight is 492 g/mol. The third-order valence-electron chi connectivity index (χ3n) is 3.77. The molecule has 0 aliphatic rings. The minimum absolute atomic E-state index is 0. The normalized spacial score (nSPS) is 9.20. The van der Waals surface area contributed by atoms with Gasteiger partial charge in [-0.2, -0.15) is 10.2 Å². The summed E-state index contributed by atoms with van der Waals surface area (Å²) in [5, 5.41) is 21.0. The Balaban J connectivity index is 0.00000210. The molecule has 8 nitrogen and oxygen atoms in total. The fourth-order valence-electron chi connectivity index (χ4n) is 2.51. The zero-order chi connectivity index (χ0) is 17.6. The zero-order valence-corrected chi connectivity index (χ0v) is 18.9. The Morgan fingerprint density at radius 3 is 1.43 bits per heavy atom. The first-order valence-corrected chi connectivity index (χ1v) is 8.30. The fourth-order valence-corrected chi connectivity index (χ4v) is 2.51. The molecule has 0 bridgehead atoms. The molecule has 4 aromatic heterocycles. The van der Waals surface area contributed by atoms with Gasteiger partial charge >= 0.3 is 0 Å².